The number of pyridine rings is 1. The fraction of sp³-hybridized carbons (Fsp3) is 0.211. The lowest BCUT2D eigenvalue weighted by Gasteiger charge is -2.11. The molecule has 0 saturated heterocycles. The van der Waals surface area contributed by atoms with Gasteiger partial charge in [0.15, 0.2) is 0 Å². The molecule has 136 valence electrons. The predicted octanol–water partition coefficient (Wildman–Crippen LogP) is 3.63. The molecule has 2 N–H and O–H groups in total. The highest BCUT2D eigenvalue weighted by atomic mass is 16.6. The van der Waals surface area contributed by atoms with Crippen molar-refractivity contribution in [3.63, 3.8) is 0 Å². The summed E-state index contributed by atoms with van der Waals surface area (Å²) in [7, 11) is 0. The fourth-order valence-corrected chi connectivity index (χ4v) is 2.61. The molecule has 27 heavy (non-hydrogen) atoms. The van der Waals surface area contributed by atoms with Crippen LogP contribution in [0.15, 0.2) is 54.9 Å². The molecule has 4 rings (SSSR count). The van der Waals surface area contributed by atoms with E-state index in [1.165, 1.54) is 12.1 Å². The number of hydrogen-bond acceptors (Lipinski definition) is 7. The van der Waals surface area contributed by atoms with E-state index in [1.807, 2.05) is 18.2 Å². The Hall–Kier alpha value is -3.55. The van der Waals surface area contributed by atoms with E-state index in [0.717, 1.165) is 29.7 Å². The molecule has 0 aliphatic heterocycles. The highest BCUT2D eigenvalue weighted by molar-refractivity contribution is 5.64. The minimum absolute atomic E-state index is 0.0803. The molecule has 2 heterocycles. The third kappa shape index (κ3) is 4.35. The van der Waals surface area contributed by atoms with Crippen molar-refractivity contribution in [2.24, 2.45) is 0 Å². The molecule has 3 aromatic rings. The summed E-state index contributed by atoms with van der Waals surface area (Å²) in [5, 5.41) is 17.4. The van der Waals surface area contributed by atoms with E-state index in [0.29, 0.717) is 24.4 Å². The molecule has 2 aromatic heterocycles. The molecule has 0 radical (unpaired) electrons. The van der Waals surface area contributed by atoms with E-state index in [-0.39, 0.29) is 5.69 Å². The number of nitrogens with one attached hydrogen (secondary N) is 2. The highest BCUT2D eigenvalue weighted by Gasteiger charge is 2.22. The first-order valence-electron chi connectivity index (χ1n) is 8.70. The van der Waals surface area contributed by atoms with E-state index in [9.17, 15) is 10.1 Å². The van der Waals surface area contributed by atoms with Crippen LogP contribution in [-0.2, 0) is 6.54 Å². The molecule has 0 bridgehead atoms. The number of nitro benzene ring substituents is 1. The zero-order valence-electron chi connectivity index (χ0n) is 14.5. The average Bonchev–Trinajstić information content (AvgIpc) is 3.51. The largest absolute Gasteiger partial charge is 0.366 e. The van der Waals surface area contributed by atoms with Gasteiger partial charge in [0.05, 0.1) is 10.6 Å². The zero-order valence-corrected chi connectivity index (χ0v) is 14.5. The van der Waals surface area contributed by atoms with Gasteiger partial charge in [-0.2, -0.15) is 4.98 Å². The quantitative estimate of drug-likeness (QED) is 0.488. The van der Waals surface area contributed by atoms with Gasteiger partial charge in [-0.3, -0.25) is 15.1 Å². The van der Waals surface area contributed by atoms with Crippen LogP contribution in [0.3, 0.4) is 0 Å². The number of rotatable bonds is 7. The average molecular weight is 362 g/mol. The van der Waals surface area contributed by atoms with Gasteiger partial charge in [-0.1, -0.05) is 12.1 Å². The van der Waals surface area contributed by atoms with E-state index < -0.39 is 4.92 Å². The summed E-state index contributed by atoms with van der Waals surface area (Å²) in [4.78, 5) is 23.5. The number of nitro groups is 1. The van der Waals surface area contributed by atoms with Crippen molar-refractivity contribution in [3.8, 4) is 11.3 Å². The minimum Gasteiger partial charge on any atom is -0.366 e. The summed E-state index contributed by atoms with van der Waals surface area (Å²) in [6.07, 6.45) is 5.73. The van der Waals surface area contributed by atoms with Crippen molar-refractivity contribution in [3.05, 3.63) is 70.5 Å². The molecule has 1 aliphatic carbocycles. The van der Waals surface area contributed by atoms with Crippen molar-refractivity contribution < 1.29 is 4.92 Å². The van der Waals surface area contributed by atoms with E-state index in [4.69, 9.17) is 0 Å². The number of hydrogen-bond donors (Lipinski definition) is 2. The van der Waals surface area contributed by atoms with Crippen LogP contribution < -0.4 is 10.6 Å². The molecule has 1 saturated carbocycles. The van der Waals surface area contributed by atoms with Gasteiger partial charge in [0, 0.05) is 48.7 Å². The van der Waals surface area contributed by atoms with Crippen LogP contribution in [0.25, 0.3) is 11.3 Å². The SMILES string of the molecule is O=[N+]([O-])c1ccc(CNc2cc(-c3ccncc3)nc(NC3CC3)n2)cc1. The van der Waals surface area contributed by atoms with Gasteiger partial charge in [0.2, 0.25) is 5.95 Å². The molecule has 0 unspecified atom stereocenters. The first-order valence-corrected chi connectivity index (χ1v) is 8.70. The molecule has 8 nitrogen and oxygen atoms in total. The second kappa shape index (κ2) is 7.36. The van der Waals surface area contributed by atoms with Gasteiger partial charge in [-0.05, 0) is 30.5 Å². The van der Waals surface area contributed by atoms with Crippen LogP contribution >= 0.6 is 0 Å². The Morgan fingerprint density at radius 3 is 2.48 bits per heavy atom. The zero-order chi connectivity index (χ0) is 18.6. The van der Waals surface area contributed by atoms with E-state index >= 15 is 0 Å². The van der Waals surface area contributed by atoms with Gasteiger partial charge in [0.1, 0.15) is 5.82 Å². The number of anilines is 2. The van der Waals surface area contributed by atoms with Crippen molar-refractivity contribution in [2.75, 3.05) is 10.6 Å². The Kier molecular flexibility index (Phi) is 4.61. The van der Waals surface area contributed by atoms with Crippen molar-refractivity contribution in [1.29, 1.82) is 0 Å². The molecular weight excluding hydrogens is 344 g/mol. The van der Waals surface area contributed by atoms with E-state index in [1.54, 1.807) is 24.5 Å². The number of non-ortho nitro benzene ring substituents is 1. The monoisotopic (exact) mass is 362 g/mol. The Balaban J connectivity index is 1.54. The maximum atomic E-state index is 10.8. The summed E-state index contributed by atoms with van der Waals surface area (Å²) in [6.45, 7) is 0.508. The Bertz CT molecular complexity index is 942. The minimum atomic E-state index is -0.404. The molecule has 1 fully saturated rings. The third-order valence-corrected chi connectivity index (χ3v) is 4.23. The van der Waals surface area contributed by atoms with Crippen LogP contribution in [-0.4, -0.2) is 25.9 Å². The number of benzene rings is 1. The standard InChI is InChI=1S/C19H18N6O2/c26-25(27)16-5-1-13(2-6-16)12-21-18-11-17(14-7-9-20-10-8-14)23-19(24-18)22-15-3-4-15/h1-2,5-11,15H,3-4,12H2,(H2,21,22,23,24). The number of nitrogens with zero attached hydrogens (tertiary/aromatic N) is 4. The van der Waals surface area contributed by atoms with Crippen molar-refractivity contribution in [2.45, 2.75) is 25.4 Å². The summed E-state index contributed by atoms with van der Waals surface area (Å²) in [6, 6.07) is 12.6. The van der Waals surface area contributed by atoms with Gasteiger partial charge in [0.25, 0.3) is 5.69 Å². The maximum Gasteiger partial charge on any atom is 0.269 e. The van der Waals surface area contributed by atoms with Crippen LogP contribution in [0, 0.1) is 10.1 Å². The van der Waals surface area contributed by atoms with Gasteiger partial charge in [-0.15, -0.1) is 0 Å². The smallest absolute Gasteiger partial charge is 0.269 e. The lowest BCUT2D eigenvalue weighted by Crippen LogP contribution is -2.09. The first kappa shape index (κ1) is 16.9. The van der Waals surface area contributed by atoms with Crippen LogP contribution in [0.4, 0.5) is 17.5 Å². The lowest BCUT2D eigenvalue weighted by atomic mass is 10.2. The normalized spacial score (nSPS) is 13.2. The van der Waals surface area contributed by atoms with Gasteiger partial charge >= 0.3 is 0 Å². The maximum absolute atomic E-state index is 10.8. The summed E-state index contributed by atoms with van der Waals surface area (Å²) in [5.74, 6) is 1.29. The molecule has 1 aliphatic rings. The molecule has 0 spiro atoms. The first-order chi connectivity index (χ1) is 13.2. The van der Waals surface area contributed by atoms with Crippen molar-refractivity contribution >= 4 is 17.5 Å². The number of aromatic nitrogens is 3. The second-order valence-electron chi connectivity index (χ2n) is 6.39. The fourth-order valence-electron chi connectivity index (χ4n) is 2.61. The predicted molar refractivity (Wildman–Crippen MR) is 102 cm³/mol. The lowest BCUT2D eigenvalue weighted by molar-refractivity contribution is -0.384. The molecule has 0 atom stereocenters. The Morgan fingerprint density at radius 2 is 1.81 bits per heavy atom. The van der Waals surface area contributed by atoms with Crippen molar-refractivity contribution in [1.82, 2.24) is 15.0 Å². The van der Waals surface area contributed by atoms with Gasteiger partial charge in [-0.25, -0.2) is 4.98 Å². The summed E-state index contributed by atoms with van der Waals surface area (Å²) >= 11 is 0. The second-order valence-corrected chi connectivity index (χ2v) is 6.39. The van der Waals surface area contributed by atoms with Crippen LogP contribution in [0.1, 0.15) is 18.4 Å². The third-order valence-electron chi connectivity index (χ3n) is 4.23. The molecule has 0 amide bonds. The van der Waals surface area contributed by atoms with Crippen LogP contribution in [0.2, 0.25) is 0 Å². The molecule has 8 heteroatoms. The Labute approximate surface area is 155 Å². The summed E-state index contributed by atoms with van der Waals surface area (Å²) in [5.41, 5.74) is 2.78. The Morgan fingerprint density at radius 1 is 1.07 bits per heavy atom. The van der Waals surface area contributed by atoms with E-state index in [2.05, 4.69) is 25.6 Å². The van der Waals surface area contributed by atoms with Gasteiger partial charge < -0.3 is 10.6 Å². The molecule has 1 aromatic carbocycles. The summed E-state index contributed by atoms with van der Waals surface area (Å²) < 4.78 is 0. The van der Waals surface area contributed by atoms with Crippen LogP contribution in [0.5, 0.6) is 0 Å². The topological polar surface area (TPSA) is 106 Å². The highest BCUT2D eigenvalue weighted by Crippen LogP contribution is 2.26. The molecular formula is C19H18N6O2.